The molecule has 2 N–H and O–H groups in total. The minimum absolute atomic E-state index is 0.0489. The number of amides is 1. The fourth-order valence-electron chi connectivity index (χ4n) is 2.45. The number of rotatable bonds is 6. The van der Waals surface area contributed by atoms with Crippen LogP contribution in [0.25, 0.3) is 0 Å². The van der Waals surface area contributed by atoms with Gasteiger partial charge >= 0.3 is 0 Å². The van der Waals surface area contributed by atoms with Crippen molar-refractivity contribution in [1.29, 1.82) is 0 Å². The van der Waals surface area contributed by atoms with Crippen molar-refractivity contribution >= 4 is 11.6 Å². The smallest absolute Gasteiger partial charge is 0.238 e. The van der Waals surface area contributed by atoms with Gasteiger partial charge in [-0.2, -0.15) is 0 Å². The van der Waals surface area contributed by atoms with E-state index in [0.717, 1.165) is 0 Å². The molecule has 0 saturated heterocycles. The summed E-state index contributed by atoms with van der Waals surface area (Å²) in [5.74, 6) is 1.26. The number of methoxy groups -OCH3 is 2. The van der Waals surface area contributed by atoms with Crippen molar-refractivity contribution in [3.8, 4) is 11.5 Å². The highest BCUT2D eigenvalue weighted by Gasteiger charge is 2.15. The first-order valence-electron chi connectivity index (χ1n) is 6.97. The van der Waals surface area contributed by atoms with Crippen LogP contribution < -0.4 is 20.1 Å². The lowest BCUT2D eigenvalue weighted by molar-refractivity contribution is -0.115. The molecule has 0 aliphatic heterocycles. The van der Waals surface area contributed by atoms with Gasteiger partial charge in [0, 0.05) is 29.9 Å². The molecule has 1 aliphatic carbocycles. The number of benzene rings is 1. The monoisotopic (exact) mass is 278 g/mol. The van der Waals surface area contributed by atoms with E-state index in [9.17, 15) is 4.79 Å². The number of hydrogen-bond acceptors (Lipinski definition) is 4. The molecule has 1 fully saturated rings. The van der Waals surface area contributed by atoms with Crippen LogP contribution in [-0.4, -0.2) is 32.7 Å². The van der Waals surface area contributed by atoms with E-state index in [1.807, 2.05) is 0 Å². The van der Waals surface area contributed by atoms with Gasteiger partial charge in [0.2, 0.25) is 5.91 Å². The quantitative estimate of drug-likeness (QED) is 0.837. The van der Waals surface area contributed by atoms with E-state index in [4.69, 9.17) is 9.47 Å². The lowest BCUT2D eigenvalue weighted by atomic mass is 10.2. The van der Waals surface area contributed by atoms with E-state index < -0.39 is 0 Å². The molecular weight excluding hydrogens is 256 g/mol. The maximum absolute atomic E-state index is 11.9. The van der Waals surface area contributed by atoms with Gasteiger partial charge in [-0.1, -0.05) is 12.8 Å². The Kier molecular flexibility index (Phi) is 5.24. The minimum atomic E-state index is -0.0489. The average Bonchev–Trinajstić information content (AvgIpc) is 2.98. The molecular formula is C15H22N2O3. The van der Waals surface area contributed by atoms with Crippen molar-refractivity contribution in [2.24, 2.45) is 0 Å². The van der Waals surface area contributed by atoms with Gasteiger partial charge in [-0.25, -0.2) is 0 Å². The Morgan fingerprint density at radius 3 is 2.30 bits per heavy atom. The fourth-order valence-corrected chi connectivity index (χ4v) is 2.45. The molecule has 20 heavy (non-hydrogen) atoms. The summed E-state index contributed by atoms with van der Waals surface area (Å²) in [6.45, 7) is 0.337. The molecule has 0 bridgehead atoms. The fraction of sp³-hybridized carbons (Fsp3) is 0.533. The van der Waals surface area contributed by atoms with Gasteiger partial charge in [0.25, 0.3) is 0 Å². The second-order valence-electron chi connectivity index (χ2n) is 5.01. The van der Waals surface area contributed by atoms with Gasteiger partial charge in [-0.3, -0.25) is 4.79 Å². The molecule has 0 atom stereocenters. The molecule has 0 aromatic heterocycles. The van der Waals surface area contributed by atoms with Crippen LogP contribution in [0.1, 0.15) is 25.7 Å². The normalized spacial score (nSPS) is 15.1. The Morgan fingerprint density at radius 2 is 1.75 bits per heavy atom. The summed E-state index contributed by atoms with van der Waals surface area (Å²) in [4.78, 5) is 11.9. The molecule has 0 radical (unpaired) electrons. The first-order valence-corrected chi connectivity index (χ1v) is 6.97. The zero-order chi connectivity index (χ0) is 14.4. The number of hydrogen-bond donors (Lipinski definition) is 2. The minimum Gasteiger partial charge on any atom is -0.497 e. The molecule has 1 saturated carbocycles. The standard InChI is InChI=1S/C15H22N2O3/c1-19-13-7-12(8-14(9-13)20-2)17-15(18)10-16-11-5-3-4-6-11/h7-9,11,16H,3-6,10H2,1-2H3,(H,17,18). The Morgan fingerprint density at radius 1 is 1.15 bits per heavy atom. The van der Waals surface area contributed by atoms with E-state index in [1.165, 1.54) is 25.7 Å². The number of nitrogens with one attached hydrogen (secondary N) is 2. The van der Waals surface area contributed by atoms with E-state index in [1.54, 1.807) is 32.4 Å². The van der Waals surface area contributed by atoms with Crippen molar-refractivity contribution in [3.05, 3.63) is 18.2 Å². The van der Waals surface area contributed by atoms with E-state index in [-0.39, 0.29) is 5.91 Å². The molecule has 1 aliphatic rings. The van der Waals surface area contributed by atoms with Crippen molar-refractivity contribution in [1.82, 2.24) is 5.32 Å². The number of carbonyl (C=O) groups excluding carboxylic acids is 1. The lowest BCUT2D eigenvalue weighted by Gasteiger charge is -2.13. The maximum Gasteiger partial charge on any atom is 0.238 e. The largest absolute Gasteiger partial charge is 0.497 e. The summed E-state index contributed by atoms with van der Waals surface area (Å²) in [6, 6.07) is 5.80. The summed E-state index contributed by atoms with van der Waals surface area (Å²) < 4.78 is 10.3. The van der Waals surface area contributed by atoms with E-state index in [2.05, 4.69) is 10.6 Å². The third-order valence-electron chi connectivity index (χ3n) is 3.54. The van der Waals surface area contributed by atoms with Crippen LogP contribution >= 0.6 is 0 Å². The van der Waals surface area contributed by atoms with Crippen LogP contribution in [0.15, 0.2) is 18.2 Å². The van der Waals surface area contributed by atoms with Crippen LogP contribution in [0.3, 0.4) is 0 Å². The van der Waals surface area contributed by atoms with Crippen molar-refractivity contribution in [2.75, 3.05) is 26.1 Å². The summed E-state index contributed by atoms with van der Waals surface area (Å²) in [6.07, 6.45) is 4.85. The maximum atomic E-state index is 11.9. The summed E-state index contributed by atoms with van der Waals surface area (Å²) in [5.41, 5.74) is 0.680. The number of anilines is 1. The second kappa shape index (κ2) is 7.14. The molecule has 0 spiro atoms. The highest BCUT2D eigenvalue weighted by Crippen LogP contribution is 2.25. The molecule has 5 nitrogen and oxygen atoms in total. The van der Waals surface area contributed by atoms with Crippen LogP contribution in [0.2, 0.25) is 0 Å². The third-order valence-corrected chi connectivity index (χ3v) is 3.54. The lowest BCUT2D eigenvalue weighted by Crippen LogP contribution is -2.34. The van der Waals surface area contributed by atoms with Gasteiger partial charge in [0.1, 0.15) is 11.5 Å². The zero-order valence-corrected chi connectivity index (χ0v) is 12.1. The van der Waals surface area contributed by atoms with Crippen LogP contribution in [0.4, 0.5) is 5.69 Å². The predicted molar refractivity (Wildman–Crippen MR) is 78.4 cm³/mol. The van der Waals surface area contributed by atoms with Gasteiger partial charge < -0.3 is 20.1 Å². The van der Waals surface area contributed by atoms with Crippen molar-refractivity contribution in [2.45, 2.75) is 31.7 Å². The SMILES string of the molecule is COc1cc(NC(=O)CNC2CCCC2)cc(OC)c1. The Bertz CT molecular complexity index is 434. The molecule has 1 aromatic rings. The highest BCUT2D eigenvalue weighted by molar-refractivity contribution is 5.92. The molecule has 1 aromatic carbocycles. The second-order valence-corrected chi connectivity index (χ2v) is 5.01. The van der Waals surface area contributed by atoms with Crippen molar-refractivity contribution in [3.63, 3.8) is 0 Å². The predicted octanol–water partition coefficient (Wildman–Crippen LogP) is 2.17. The van der Waals surface area contributed by atoms with E-state index in [0.29, 0.717) is 29.8 Å². The first kappa shape index (κ1) is 14.7. The van der Waals surface area contributed by atoms with Gasteiger partial charge in [0.15, 0.2) is 0 Å². The molecule has 5 heteroatoms. The first-order chi connectivity index (χ1) is 9.71. The molecule has 110 valence electrons. The summed E-state index contributed by atoms with van der Waals surface area (Å²) in [5, 5.41) is 6.14. The molecule has 1 amide bonds. The molecule has 0 unspecified atom stereocenters. The van der Waals surface area contributed by atoms with Gasteiger partial charge in [-0.15, -0.1) is 0 Å². The average molecular weight is 278 g/mol. The molecule has 2 rings (SSSR count). The molecule has 0 heterocycles. The summed E-state index contributed by atoms with van der Waals surface area (Å²) >= 11 is 0. The number of carbonyl (C=O) groups is 1. The Hall–Kier alpha value is -1.75. The van der Waals surface area contributed by atoms with Gasteiger partial charge in [0.05, 0.1) is 20.8 Å². The highest BCUT2D eigenvalue weighted by atomic mass is 16.5. The number of ether oxygens (including phenoxy) is 2. The van der Waals surface area contributed by atoms with Crippen LogP contribution in [0, 0.1) is 0 Å². The summed E-state index contributed by atoms with van der Waals surface area (Å²) in [7, 11) is 3.17. The zero-order valence-electron chi connectivity index (χ0n) is 12.1. The Labute approximate surface area is 119 Å². The Balaban J connectivity index is 1.89. The van der Waals surface area contributed by atoms with Crippen LogP contribution in [-0.2, 0) is 4.79 Å². The third kappa shape index (κ3) is 4.13. The topological polar surface area (TPSA) is 59.6 Å². The van der Waals surface area contributed by atoms with E-state index >= 15 is 0 Å². The van der Waals surface area contributed by atoms with Gasteiger partial charge in [-0.05, 0) is 12.8 Å². The van der Waals surface area contributed by atoms with Crippen LogP contribution in [0.5, 0.6) is 11.5 Å². The van der Waals surface area contributed by atoms with Crippen molar-refractivity contribution < 1.29 is 14.3 Å².